The summed E-state index contributed by atoms with van der Waals surface area (Å²) in [5, 5.41) is 24.7. The molecule has 172 valence electrons. The third kappa shape index (κ3) is 5.51. The number of ether oxygens (including phenoxy) is 1. The molecule has 0 saturated carbocycles. The summed E-state index contributed by atoms with van der Waals surface area (Å²) >= 11 is 0. The van der Waals surface area contributed by atoms with Crippen LogP contribution in [0.25, 0.3) is 0 Å². The number of rotatable bonds is 9. The van der Waals surface area contributed by atoms with Crippen LogP contribution in [0.4, 0.5) is 0 Å². The molecule has 0 aliphatic heterocycles. The lowest BCUT2D eigenvalue weighted by Gasteiger charge is -2.15. The Bertz CT molecular complexity index is 1140. The van der Waals surface area contributed by atoms with E-state index in [0.717, 1.165) is 23.1 Å². The predicted octanol–water partition coefficient (Wildman–Crippen LogP) is 3.79. The first-order valence-corrected chi connectivity index (χ1v) is 10.7. The number of benzene rings is 3. The number of carbonyl (C=O) groups is 1. The standard InChI is InChI=1S/C26H29N3O4/c1-3-4-22-23(14-13-21(16(2)30)25(22)32)33-15-17-5-7-18(8-6-17)24(31)19-9-11-20(12-10-19)26(27)29-28/h5-14,24,31-32H,3-4,15,28H2,1-2H3,(H2,27,29). The van der Waals surface area contributed by atoms with Gasteiger partial charge in [0, 0.05) is 11.1 Å². The van der Waals surface area contributed by atoms with Gasteiger partial charge < -0.3 is 26.5 Å². The second kappa shape index (κ2) is 10.7. The van der Waals surface area contributed by atoms with E-state index in [2.05, 4.69) is 5.10 Å². The van der Waals surface area contributed by atoms with Crippen molar-refractivity contribution >= 4 is 11.6 Å². The first-order chi connectivity index (χ1) is 15.8. The number of Topliss-reactive ketones (excluding diaryl/α,β-unsaturated/α-hetero) is 1. The number of nitrogens with zero attached hydrogens (tertiary/aromatic N) is 1. The van der Waals surface area contributed by atoms with E-state index in [1.165, 1.54) is 6.92 Å². The van der Waals surface area contributed by atoms with Crippen LogP contribution in [0.3, 0.4) is 0 Å². The van der Waals surface area contributed by atoms with Gasteiger partial charge >= 0.3 is 0 Å². The van der Waals surface area contributed by atoms with Crippen molar-refractivity contribution in [3.8, 4) is 11.5 Å². The zero-order chi connectivity index (χ0) is 24.0. The minimum atomic E-state index is -0.794. The van der Waals surface area contributed by atoms with E-state index in [1.807, 2.05) is 31.2 Å². The second-order valence-corrected chi connectivity index (χ2v) is 7.81. The van der Waals surface area contributed by atoms with Crippen molar-refractivity contribution in [3.05, 3.63) is 94.0 Å². The van der Waals surface area contributed by atoms with Crippen LogP contribution in [-0.2, 0) is 13.0 Å². The molecule has 3 aromatic rings. The fourth-order valence-electron chi connectivity index (χ4n) is 3.59. The smallest absolute Gasteiger partial charge is 0.163 e. The first-order valence-electron chi connectivity index (χ1n) is 10.7. The number of ketones is 1. The highest BCUT2D eigenvalue weighted by molar-refractivity contribution is 5.97. The van der Waals surface area contributed by atoms with Gasteiger partial charge in [0.1, 0.15) is 30.0 Å². The molecule has 1 atom stereocenters. The van der Waals surface area contributed by atoms with Crippen LogP contribution in [0.5, 0.6) is 11.5 Å². The van der Waals surface area contributed by atoms with E-state index in [9.17, 15) is 15.0 Å². The van der Waals surface area contributed by atoms with Crippen molar-refractivity contribution in [2.45, 2.75) is 39.4 Å². The minimum Gasteiger partial charge on any atom is -0.507 e. The largest absolute Gasteiger partial charge is 0.507 e. The molecule has 7 nitrogen and oxygen atoms in total. The molecule has 0 aliphatic carbocycles. The van der Waals surface area contributed by atoms with Gasteiger partial charge in [-0.3, -0.25) is 4.79 Å². The Morgan fingerprint density at radius 1 is 1.03 bits per heavy atom. The number of hydrogen-bond donors (Lipinski definition) is 4. The third-order valence-corrected chi connectivity index (χ3v) is 5.47. The lowest BCUT2D eigenvalue weighted by Crippen LogP contribution is -2.15. The maximum Gasteiger partial charge on any atom is 0.163 e. The molecule has 3 aromatic carbocycles. The van der Waals surface area contributed by atoms with Crippen molar-refractivity contribution in [2.75, 3.05) is 0 Å². The lowest BCUT2D eigenvalue weighted by atomic mass is 9.99. The van der Waals surface area contributed by atoms with Crippen LogP contribution < -0.4 is 16.3 Å². The van der Waals surface area contributed by atoms with Crippen LogP contribution in [0.15, 0.2) is 65.8 Å². The van der Waals surface area contributed by atoms with Crippen LogP contribution in [0.1, 0.15) is 64.5 Å². The number of hydrazone groups is 1. The molecule has 3 rings (SSSR count). The number of carbonyl (C=O) groups excluding carboxylic acids is 1. The molecule has 6 N–H and O–H groups in total. The average Bonchev–Trinajstić information content (AvgIpc) is 2.83. The molecule has 0 amide bonds. The quantitative estimate of drug-likeness (QED) is 0.130. The molecule has 0 bridgehead atoms. The monoisotopic (exact) mass is 447 g/mol. The number of aliphatic hydroxyl groups excluding tert-OH is 1. The predicted molar refractivity (Wildman–Crippen MR) is 128 cm³/mol. The SMILES string of the molecule is CCCc1c(OCc2ccc(C(O)c3ccc(C(N)=NN)cc3)cc2)ccc(C(C)=O)c1O. The van der Waals surface area contributed by atoms with Crippen LogP contribution in [0, 0.1) is 0 Å². The van der Waals surface area contributed by atoms with Gasteiger partial charge in [0.2, 0.25) is 0 Å². The molecule has 1 unspecified atom stereocenters. The summed E-state index contributed by atoms with van der Waals surface area (Å²) in [4.78, 5) is 11.7. The fraction of sp³-hybridized carbons (Fsp3) is 0.231. The Hall–Kier alpha value is -3.84. The lowest BCUT2D eigenvalue weighted by molar-refractivity contribution is 0.101. The molecule has 0 fully saturated rings. The van der Waals surface area contributed by atoms with Crippen molar-refractivity contribution in [1.82, 2.24) is 0 Å². The summed E-state index contributed by atoms with van der Waals surface area (Å²) in [5.74, 6) is 5.79. The van der Waals surface area contributed by atoms with E-state index < -0.39 is 6.10 Å². The summed E-state index contributed by atoms with van der Waals surface area (Å²) in [5.41, 5.74) is 9.69. The Labute approximate surface area is 193 Å². The van der Waals surface area contributed by atoms with Crippen molar-refractivity contribution in [3.63, 3.8) is 0 Å². The number of aromatic hydroxyl groups is 1. The van der Waals surface area contributed by atoms with E-state index >= 15 is 0 Å². The molecule has 0 radical (unpaired) electrons. The van der Waals surface area contributed by atoms with Gasteiger partial charge in [0.25, 0.3) is 0 Å². The number of nitrogens with two attached hydrogens (primary N) is 2. The molecule has 0 spiro atoms. The van der Waals surface area contributed by atoms with Gasteiger partial charge in [-0.2, -0.15) is 5.10 Å². The van der Waals surface area contributed by atoms with Crippen molar-refractivity contribution in [2.24, 2.45) is 16.7 Å². The Morgan fingerprint density at radius 3 is 2.18 bits per heavy atom. The minimum absolute atomic E-state index is 0.00849. The highest BCUT2D eigenvalue weighted by Gasteiger charge is 2.16. The van der Waals surface area contributed by atoms with Gasteiger partial charge in [0.15, 0.2) is 5.78 Å². The summed E-state index contributed by atoms with van der Waals surface area (Å²) < 4.78 is 5.96. The second-order valence-electron chi connectivity index (χ2n) is 7.81. The van der Waals surface area contributed by atoms with Gasteiger partial charge in [-0.05, 0) is 42.2 Å². The maximum absolute atomic E-state index is 11.7. The third-order valence-electron chi connectivity index (χ3n) is 5.47. The summed E-state index contributed by atoms with van der Waals surface area (Å²) in [7, 11) is 0. The highest BCUT2D eigenvalue weighted by atomic mass is 16.5. The van der Waals surface area contributed by atoms with E-state index in [1.54, 1.807) is 36.4 Å². The molecular formula is C26H29N3O4. The Kier molecular flexibility index (Phi) is 7.69. The zero-order valence-corrected chi connectivity index (χ0v) is 18.8. The molecule has 7 heteroatoms. The molecule has 0 saturated heterocycles. The van der Waals surface area contributed by atoms with Gasteiger partial charge in [-0.15, -0.1) is 0 Å². The van der Waals surface area contributed by atoms with Gasteiger partial charge in [0.05, 0.1) is 5.56 Å². The van der Waals surface area contributed by atoms with Crippen molar-refractivity contribution < 1.29 is 19.7 Å². The van der Waals surface area contributed by atoms with E-state index in [-0.39, 0.29) is 17.4 Å². The number of phenols is 1. The number of phenolic OH excluding ortho intramolecular Hbond substituents is 1. The van der Waals surface area contributed by atoms with Gasteiger partial charge in [-0.25, -0.2) is 0 Å². The summed E-state index contributed by atoms with van der Waals surface area (Å²) in [6, 6.07) is 17.8. The number of hydrogen-bond acceptors (Lipinski definition) is 6. The number of aliphatic hydroxyl groups is 1. The zero-order valence-electron chi connectivity index (χ0n) is 18.8. The topological polar surface area (TPSA) is 131 Å². The summed E-state index contributed by atoms with van der Waals surface area (Å²) in [6.07, 6.45) is 0.622. The van der Waals surface area contributed by atoms with E-state index in [0.29, 0.717) is 35.5 Å². The van der Waals surface area contributed by atoms with Crippen LogP contribution in [-0.4, -0.2) is 21.8 Å². The normalized spacial score (nSPS) is 12.4. The Morgan fingerprint density at radius 2 is 1.64 bits per heavy atom. The first kappa shape index (κ1) is 23.8. The number of amidine groups is 1. The van der Waals surface area contributed by atoms with Crippen LogP contribution >= 0.6 is 0 Å². The molecule has 0 aliphatic rings. The molecule has 33 heavy (non-hydrogen) atoms. The van der Waals surface area contributed by atoms with E-state index in [4.69, 9.17) is 16.3 Å². The molecular weight excluding hydrogens is 418 g/mol. The molecule has 0 aromatic heterocycles. The average molecular weight is 448 g/mol. The maximum atomic E-state index is 11.7. The fourth-order valence-corrected chi connectivity index (χ4v) is 3.59. The molecule has 0 heterocycles. The summed E-state index contributed by atoms with van der Waals surface area (Å²) in [6.45, 7) is 3.72. The van der Waals surface area contributed by atoms with Crippen molar-refractivity contribution in [1.29, 1.82) is 0 Å². The van der Waals surface area contributed by atoms with Gasteiger partial charge in [-0.1, -0.05) is 61.9 Å². The Balaban J connectivity index is 1.71. The highest BCUT2D eigenvalue weighted by Crippen LogP contribution is 2.33. The van der Waals surface area contributed by atoms with Crippen LogP contribution in [0.2, 0.25) is 0 Å².